The summed E-state index contributed by atoms with van der Waals surface area (Å²) >= 11 is 0.641. The molecule has 0 spiro atoms. The van der Waals surface area contributed by atoms with Crippen LogP contribution >= 0.6 is 11.3 Å². The largest absolute Gasteiger partial charge is 0.466 e. The first-order valence-corrected chi connectivity index (χ1v) is 7.59. The van der Waals surface area contributed by atoms with Crippen LogP contribution in [0.1, 0.15) is 6.92 Å². The second kappa shape index (κ2) is 6.74. The maximum absolute atomic E-state index is 13.6. The van der Waals surface area contributed by atoms with Crippen LogP contribution in [-0.2, 0) is 14.3 Å². The molecule has 0 aliphatic rings. The number of rotatable bonds is 5. The number of fused-ring (bicyclic) bond motifs is 1. The lowest BCUT2D eigenvalue weighted by Crippen LogP contribution is -2.69. The van der Waals surface area contributed by atoms with Gasteiger partial charge in [0.1, 0.15) is 0 Å². The van der Waals surface area contributed by atoms with Gasteiger partial charge in [0, 0.05) is 19.1 Å². The Labute approximate surface area is 147 Å². The molecule has 0 aliphatic heterocycles. The molecule has 1 unspecified atom stereocenters. The van der Waals surface area contributed by atoms with E-state index < -0.39 is 33.8 Å². The highest BCUT2D eigenvalue weighted by atomic mass is 32.1. The van der Waals surface area contributed by atoms with Crippen molar-refractivity contribution in [3.8, 4) is 0 Å². The molecule has 1 atom stereocenters. The van der Waals surface area contributed by atoms with Gasteiger partial charge in [-0.3, -0.25) is 14.9 Å². The average molecular weight is 392 g/mol. The third-order valence-corrected chi connectivity index (χ3v) is 4.09. The van der Waals surface area contributed by atoms with Crippen molar-refractivity contribution in [2.75, 3.05) is 12.4 Å². The van der Waals surface area contributed by atoms with Crippen molar-refractivity contribution in [2.24, 2.45) is 0 Å². The van der Waals surface area contributed by atoms with Crippen LogP contribution in [-0.4, -0.2) is 40.7 Å². The molecule has 0 fully saturated rings. The number of aromatic nitrogens is 1. The molecule has 0 radical (unpaired) electrons. The van der Waals surface area contributed by atoms with Crippen LogP contribution in [0.2, 0.25) is 0 Å². The van der Waals surface area contributed by atoms with Crippen molar-refractivity contribution in [1.82, 2.24) is 10.3 Å². The van der Waals surface area contributed by atoms with Crippen LogP contribution in [0.25, 0.3) is 10.2 Å². The maximum atomic E-state index is 13.6. The summed E-state index contributed by atoms with van der Waals surface area (Å²) in [5.41, 5.74) is -3.66. The number of amides is 1. The summed E-state index contributed by atoms with van der Waals surface area (Å²) in [7, 11) is 0.730. The number of carbonyl (C=O) groups is 2. The van der Waals surface area contributed by atoms with Crippen molar-refractivity contribution in [3.63, 3.8) is 0 Å². The smallest absolute Gasteiger partial charge is 0.442 e. The summed E-state index contributed by atoms with van der Waals surface area (Å²) in [4.78, 5) is 37.1. The van der Waals surface area contributed by atoms with Crippen molar-refractivity contribution in [1.29, 1.82) is 0 Å². The van der Waals surface area contributed by atoms with E-state index in [0.29, 0.717) is 11.3 Å². The zero-order valence-corrected chi connectivity index (χ0v) is 14.0. The Balaban J connectivity index is 2.53. The summed E-state index contributed by atoms with van der Waals surface area (Å²) < 4.78 is 45.2. The molecule has 26 heavy (non-hydrogen) atoms. The van der Waals surface area contributed by atoms with Gasteiger partial charge >= 0.3 is 17.8 Å². The fraction of sp³-hybridized carbons (Fsp3) is 0.308. The van der Waals surface area contributed by atoms with Gasteiger partial charge in [-0.05, 0) is 6.07 Å². The highest BCUT2D eigenvalue weighted by Gasteiger charge is 2.63. The predicted molar refractivity (Wildman–Crippen MR) is 84.5 cm³/mol. The molecule has 0 bridgehead atoms. The van der Waals surface area contributed by atoms with Crippen LogP contribution in [0, 0.1) is 10.1 Å². The number of benzene rings is 1. The van der Waals surface area contributed by atoms with E-state index in [9.17, 15) is 32.9 Å². The van der Waals surface area contributed by atoms with E-state index in [0.717, 1.165) is 26.2 Å². The number of halogens is 3. The van der Waals surface area contributed by atoms with E-state index in [4.69, 9.17) is 0 Å². The third-order valence-electron chi connectivity index (χ3n) is 3.16. The van der Waals surface area contributed by atoms with Gasteiger partial charge < -0.3 is 15.4 Å². The highest BCUT2D eigenvalue weighted by molar-refractivity contribution is 7.22. The summed E-state index contributed by atoms with van der Waals surface area (Å²) in [5.74, 6) is -2.94. The number of nitrogens with zero attached hydrogens (tertiary/aromatic N) is 2. The molecule has 1 aromatic carbocycles. The van der Waals surface area contributed by atoms with Crippen molar-refractivity contribution < 1.29 is 32.4 Å². The Morgan fingerprint density at radius 3 is 2.50 bits per heavy atom. The SMILES string of the molecule is COC(=O)C(NC(C)=O)(Nc1nc2ccc([N+](=O)[O-])cc2s1)C(F)(F)F. The third kappa shape index (κ3) is 3.51. The first kappa shape index (κ1) is 19.4. The lowest BCUT2D eigenvalue weighted by molar-refractivity contribution is -0.384. The number of nitrogens with one attached hydrogen (secondary N) is 2. The Hall–Kier alpha value is -2.96. The van der Waals surface area contributed by atoms with E-state index in [-0.39, 0.29) is 15.9 Å². The molecule has 0 aliphatic carbocycles. The van der Waals surface area contributed by atoms with Crippen LogP contribution in [0.5, 0.6) is 0 Å². The van der Waals surface area contributed by atoms with E-state index in [1.165, 1.54) is 11.4 Å². The molecule has 9 nitrogen and oxygen atoms in total. The Morgan fingerprint density at radius 2 is 2.00 bits per heavy atom. The quantitative estimate of drug-likeness (QED) is 0.346. The number of nitro groups is 1. The molecule has 2 N–H and O–H groups in total. The lowest BCUT2D eigenvalue weighted by atomic mass is 10.1. The van der Waals surface area contributed by atoms with E-state index in [2.05, 4.69) is 9.72 Å². The molecule has 2 aromatic rings. The summed E-state index contributed by atoms with van der Waals surface area (Å²) in [6, 6.07) is 3.52. The van der Waals surface area contributed by atoms with E-state index >= 15 is 0 Å². The number of ether oxygens (including phenoxy) is 1. The Morgan fingerprint density at radius 1 is 1.35 bits per heavy atom. The van der Waals surface area contributed by atoms with Gasteiger partial charge in [0.05, 0.1) is 22.2 Å². The molecule has 1 heterocycles. The minimum Gasteiger partial charge on any atom is -0.466 e. The molecule has 0 saturated heterocycles. The zero-order chi connectivity index (χ0) is 19.7. The van der Waals surface area contributed by atoms with E-state index in [1.54, 1.807) is 0 Å². The number of hydrogen-bond acceptors (Lipinski definition) is 8. The fourth-order valence-electron chi connectivity index (χ4n) is 2.05. The fourth-order valence-corrected chi connectivity index (χ4v) is 3.00. The molecule has 13 heteroatoms. The molecule has 2 rings (SSSR count). The van der Waals surface area contributed by atoms with Crippen LogP contribution in [0.3, 0.4) is 0 Å². The first-order chi connectivity index (χ1) is 12.0. The van der Waals surface area contributed by atoms with Gasteiger partial charge in [-0.25, -0.2) is 9.78 Å². The number of hydrogen-bond donors (Lipinski definition) is 2. The maximum Gasteiger partial charge on any atom is 0.442 e. The van der Waals surface area contributed by atoms with Gasteiger partial charge in [0.25, 0.3) is 5.69 Å². The zero-order valence-electron chi connectivity index (χ0n) is 13.2. The second-order valence-electron chi connectivity index (χ2n) is 4.97. The number of methoxy groups -OCH3 is 1. The van der Waals surface area contributed by atoms with Gasteiger partial charge in [0.2, 0.25) is 5.91 Å². The van der Waals surface area contributed by atoms with Crippen molar-refractivity contribution in [2.45, 2.75) is 18.8 Å². The summed E-state index contributed by atoms with van der Waals surface area (Å²) in [5, 5.41) is 13.8. The van der Waals surface area contributed by atoms with Gasteiger partial charge in [-0.1, -0.05) is 11.3 Å². The highest BCUT2D eigenvalue weighted by Crippen LogP contribution is 2.36. The van der Waals surface area contributed by atoms with Gasteiger partial charge in [0.15, 0.2) is 5.13 Å². The number of esters is 1. The van der Waals surface area contributed by atoms with Crippen LogP contribution < -0.4 is 10.6 Å². The Kier molecular flexibility index (Phi) is 5.02. The Bertz CT molecular complexity index is 884. The van der Waals surface area contributed by atoms with Crippen molar-refractivity contribution >= 4 is 44.2 Å². The summed E-state index contributed by atoms with van der Waals surface area (Å²) in [6.45, 7) is 0.798. The average Bonchev–Trinajstić information content (AvgIpc) is 2.92. The lowest BCUT2D eigenvalue weighted by Gasteiger charge is -2.33. The van der Waals surface area contributed by atoms with Gasteiger partial charge in [-0.2, -0.15) is 13.2 Å². The number of carbonyl (C=O) groups excluding carboxylic acids is 2. The van der Waals surface area contributed by atoms with Gasteiger partial charge in [-0.15, -0.1) is 0 Å². The molecule has 1 amide bonds. The first-order valence-electron chi connectivity index (χ1n) is 6.77. The molecular weight excluding hydrogens is 381 g/mol. The monoisotopic (exact) mass is 392 g/mol. The second-order valence-corrected chi connectivity index (χ2v) is 6.00. The number of alkyl halides is 3. The minimum atomic E-state index is -5.27. The topological polar surface area (TPSA) is 123 Å². The predicted octanol–water partition coefficient (Wildman–Crippen LogP) is 2.18. The molecule has 0 saturated carbocycles. The van der Waals surface area contributed by atoms with E-state index in [1.807, 2.05) is 5.32 Å². The van der Waals surface area contributed by atoms with Crippen LogP contribution in [0.4, 0.5) is 24.0 Å². The molecule has 140 valence electrons. The number of anilines is 1. The molecular formula is C13H11F3N4O5S. The summed E-state index contributed by atoms with van der Waals surface area (Å²) in [6.07, 6.45) is -5.27. The number of non-ortho nitro benzene ring substituents is 1. The number of nitro benzene ring substituents is 1. The minimum absolute atomic E-state index is 0.173. The van der Waals surface area contributed by atoms with Crippen LogP contribution in [0.15, 0.2) is 18.2 Å². The number of thiazole rings is 1. The van der Waals surface area contributed by atoms with Crippen molar-refractivity contribution in [3.05, 3.63) is 28.3 Å². The normalized spacial score (nSPS) is 13.7. The molecule has 1 aromatic heterocycles. The standard InChI is InChI=1S/C13H11F3N4O5S/c1-6(21)18-12(10(22)25-2,13(14,15)16)19-11-17-8-4-3-7(20(23)24)5-9(8)26-11/h3-5H,1-2H3,(H,17,19)(H,18,21).